The summed E-state index contributed by atoms with van der Waals surface area (Å²) in [6, 6.07) is 11.7. The summed E-state index contributed by atoms with van der Waals surface area (Å²) in [5.74, 6) is 0.834. The van der Waals surface area contributed by atoms with Crippen LogP contribution in [0.4, 0.5) is 0 Å². The summed E-state index contributed by atoms with van der Waals surface area (Å²) in [5.41, 5.74) is 2.13. The summed E-state index contributed by atoms with van der Waals surface area (Å²) in [6.07, 6.45) is 0.772. The van der Waals surface area contributed by atoms with Gasteiger partial charge < -0.3 is 10.1 Å². The van der Waals surface area contributed by atoms with Crippen LogP contribution < -0.4 is 10.1 Å². The minimum absolute atomic E-state index is 0.0691. The van der Waals surface area contributed by atoms with Crippen LogP contribution in [0.3, 0.4) is 0 Å². The number of hydrogen-bond acceptors (Lipinski definition) is 2. The van der Waals surface area contributed by atoms with E-state index in [4.69, 9.17) is 27.9 Å². The zero-order chi connectivity index (χ0) is 15.4. The van der Waals surface area contributed by atoms with Crippen molar-refractivity contribution in [1.29, 1.82) is 0 Å². The molecule has 0 bridgehead atoms. The van der Waals surface area contributed by atoms with Crippen molar-refractivity contribution in [3.05, 3.63) is 62.0 Å². The van der Waals surface area contributed by atoms with Crippen molar-refractivity contribution in [3.63, 3.8) is 0 Å². The van der Waals surface area contributed by atoms with Crippen LogP contribution in [0.5, 0.6) is 5.75 Å². The fourth-order valence-corrected chi connectivity index (χ4v) is 3.06. The molecule has 21 heavy (non-hydrogen) atoms. The lowest BCUT2D eigenvalue weighted by molar-refractivity contribution is 0.414. The maximum Gasteiger partial charge on any atom is 0.119 e. The van der Waals surface area contributed by atoms with E-state index in [0.29, 0.717) is 10.0 Å². The Morgan fingerprint density at radius 1 is 1.24 bits per heavy atom. The molecule has 1 unspecified atom stereocenters. The van der Waals surface area contributed by atoms with Gasteiger partial charge >= 0.3 is 0 Å². The van der Waals surface area contributed by atoms with E-state index in [2.05, 4.69) is 21.2 Å². The standard InChI is InChI=1S/C16H16BrCl2NO/c1-20-15(12-4-3-5-14(18)16(12)19)9-10-8-11(21-2)6-7-13(10)17/h3-8,15,20H,9H2,1-2H3. The Morgan fingerprint density at radius 2 is 2.00 bits per heavy atom. The number of halogens is 3. The van der Waals surface area contributed by atoms with Crippen molar-refractivity contribution in [2.75, 3.05) is 14.2 Å². The quantitative estimate of drug-likeness (QED) is 0.753. The third kappa shape index (κ3) is 3.92. The predicted octanol–water partition coefficient (Wildman–Crippen LogP) is 5.27. The second-order valence-electron chi connectivity index (χ2n) is 4.65. The van der Waals surface area contributed by atoms with Crippen LogP contribution in [-0.2, 0) is 6.42 Å². The molecule has 0 amide bonds. The van der Waals surface area contributed by atoms with Crippen molar-refractivity contribution in [3.8, 4) is 5.75 Å². The molecule has 0 aliphatic carbocycles. The number of hydrogen-bond donors (Lipinski definition) is 1. The van der Waals surface area contributed by atoms with E-state index >= 15 is 0 Å². The molecule has 112 valence electrons. The van der Waals surface area contributed by atoms with Gasteiger partial charge in [-0.2, -0.15) is 0 Å². The molecule has 1 N–H and O–H groups in total. The van der Waals surface area contributed by atoms with Crippen molar-refractivity contribution >= 4 is 39.1 Å². The van der Waals surface area contributed by atoms with Crippen LogP contribution in [0.15, 0.2) is 40.9 Å². The van der Waals surface area contributed by atoms with Crippen molar-refractivity contribution < 1.29 is 4.74 Å². The van der Waals surface area contributed by atoms with Gasteiger partial charge in [0.1, 0.15) is 5.75 Å². The SMILES string of the molecule is CNC(Cc1cc(OC)ccc1Br)c1cccc(Cl)c1Cl. The monoisotopic (exact) mass is 387 g/mol. The molecule has 1 atom stereocenters. The van der Waals surface area contributed by atoms with Crippen LogP contribution in [0.2, 0.25) is 10.0 Å². The van der Waals surface area contributed by atoms with Gasteiger partial charge in [-0.3, -0.25) is 0 Å². The van der Waals surface area contributed by atoms with Crippen LogP contribution in [0, 0.1) is 0 Å². The molecule has 0 aliphatic rings. The third-order valence-corrected chi connectivity index (χ3v) is 4.99. The average molecular weight is 389 g/mol. The van der Waals surface area contributed by atoms with Crippen molar-refractivity contribution in [1.82, 2.24) is 5.32 Å². The van der Waals surface area contributed by atoms with Crippen molar-refractivity contribution in [2.45, 2.75) is 12.5 Å². The summed E-state index contributed by atoms with van der Waals surface area (Å²) in [4.78, 5) is 0. The van der Waals surface area contributed by atoms with E-state index < -0.39 is 0 Å². The largest absolute Gasteiger partial charge is 0.497 e. The third-order valence-electron chi connectivity index (χ3n) is 3.38. The summed E-state index contributed by atoms with van der Waals surface area (Å²) < 4.78 is 6.33. The van der Waals surface area contributed by atoms with Gasteiger partial charge in [0.05, 0.1) is 17.2 Å². The molecule has 2 aromatic rings. The Labute approximate surface area is 143 Å². The molecule has 0 fully saturated rings. The van der Waals surface area contributed by atoms with Gasteiger partial charge in [-0.25, -0.2) is 0 Å². The van der Waals surface area contributed by atoms with Gasteiger partial charge in [0, 0.05) is 10.5 Å². The molecule has 0 radical (unpaired) electrons. The highest BCUT2D eigenvalue weighted by Crippen LogP contribution is 2.33. The van der Waals surface area contributed by atoms with E-state index in [-0.39, 0.29) is 6.04 Å². The Kier molecular flexibility index (Phi) is 5.94. The molecule has 0 saturated carbocycles. The summed E-state index contributed by atoms with van der Waals surface area (Å²) in [6.45, 7) is 0. The normalized spacial score (nSPS) is 12.2. The molecule has 0 heterocycles. The van der Waals surface area contributed by atoms with E-state index in [1.165, 1.54) is 0 Å². The first kappa shape index (κ1) is 16.6. The van der Waals surface area contributed by atoms with Crippen LogP contribution >= 0.6 is 39.1 Å². The zero-order valence-corrected chi connectivity index (χ0v) is 14.9. The Balaban J connectivity index is 2.33. The molecule has 5 heteroatoms. The number of rotatable bonds is 5. The predicted molar refractivity (Wildman–Crippen MR) is 92.7 cm³/mol. The van der Waals surface area contributed by atoms with Gasteiger partial charge in [-0.05, 0) is 48.9 Å². The highest BCUT2D eigenvalue weighted by molar-refractivity contribution is 9.10. The first-order valence-electron chi connectivity index (χ1n) is 6.50. The first-order valence-corrected chi connectivity index (χ1v) is 8.05. The van der Waals surface area contributed by atoms with E-state index in [9.17, 15) is 0 Å². The van der Waals surface area contributed by atoms with Gasteiger partial charge in [-0.1, -0.05) is 51.3 Å². The Hall–Kier alpha value is -0.740. The minimum atomic E-state index is 0.0691. The number of nitrogens with one attached hydrogen (secondary N) is 1. The maximum absolute atomic E-state index is 6.32. The smallest absolute Gasteiger partial charge is 0.119 e. The summed E-state index contributed by atoms with van der Waals surface area (Å²) in [7, 11) is 3.58. The lowest BCUT2D eigenvalue weighted by Crippen LogP contribution is -2.19. The molecule has 0 spiro atoms. The highest BCUT2D eigenvalue weighted by Gasteiger charge is 2.17. The zero-order valence-electron chi connectivity index (χ0n) is 11.8. The molecule has 2 nitrogen and oxygen atoms in total. The molecule has 0 saturated heterocycles. The fraction of sp³-hybridized carbons (Fsp3) is 0.250. The number of benzene rings is 2. The highest BCUT2D eigenvalue weighted by atomic mass is 79.9. The van der Waals surface area contributed by atoms with E-state index in [1.807, 2.05) is 37.4 Å². The maximum atomic E-state index is 6.32. The molecule has 0 aromatic heterocycles. The van der Waals surface area contributed by atoms with E-state index in [0.717, 1.165) is 27.8 Å². The van der Waals surface area contributed by atoms with Crippen LogP contribution in [0.1, 0.15) is 17.2 Å². The van der Waals surface area contributed by atoms with Gasteiger partial charge in [0.15, 0.2) is 0 Å². The fourth-order valence-electron chi connectivity index (χ4n) is 2.21. The number of likely N-dealkylation sites (N-methyl/N-ethyl adjacent to an activating group) is 1. The van der Waals surface area contributed by atoms with Gasteiger partial charge in [0.25, 0.3) is 0 Å². The topological polar surface area (TPSA) is 21.3 Å². The Bertz CT molecular complexity index is 634. The minimum Gasteiger partial charge on any atom is -0.497 e. The number of ether oxygens (including phenoxy) is 1. The second-order valence-corrected chi connectivity index (χ2v) is 6.29. The second kappa shape index (κ2) is 7.50. The lowest BCUT2D eigenvalue weighted by Gasteiger charge is -2.20. The summed E-state index contributed by atoms with van der Waals surface area (Å²) >= 11 is 16.0. The molecular weight excluding hydrogens is 373 g/mol. The average Bonchev–Trinajstić information content (AvgIpc) is 2.49. The molecule has 2 aromatic carbocycles. The molecule has 0 aliphatic heterocycles. The first-order chi connectivity index (χ1) is 10.1. The van der Waals surface area contributed by atoms with Gasteiger partial charge in [-0.15, -0.1) is 0 Å². The summed E-state index contributed by atoms with van der Waals surface area (Å²) in [5, 5.41) is 4.46. The van der Waals surface area contributed by atoms with E-state index in [1.54, 1.807) is 13.2 Å². The number of methoxy groups -OCH3 is 1. The Morgan fingerprint density at radius 3 is 2.67 bits per heavy atom. The molecule has 2 rings (SSSR count). The molecular formula is C16H16BrCl2NO. The van der Waals surface area contributed by atoms with Crippen LogP contribution in [-0.4, -0.2) is 14.2 Å². The van der Waals surface area contributed by atoms with Gasteiger partial charge in [0.2, 0.25) is 0 Å². The lowest BCUT2D eigenvalue weighted by atomic mass is 9.98. The van der Waals surface area contributed by atoms with Crippen LogP contribution in [0.25, 0.3) is 0 Å². The van der Waals surface area contributed by atoms with Crippen molar-refractivity contribution in [2.24, 2.45) is 0 Å².